The number of benzene rings is 1. The average molecular weight is 200 g/mol. The van der Waals surface area contributed by atoms with E-state index < -0.39 is 6.17 Å². The Balaban J connectivity index is 2.10. The van der Waals surface area contributed by atoms with Gasteiger partial charge in [-0.3, -0.25) is 0 Å². The van der Waals surface area contributed by atoms with Crippen LogP contribution in [-0.4, -0.2) is 12.6 Å². The van der Waals surface area contributed by atoms with Crippen molar-refractivity contribution in [1.82, 2.24) is 5.32 Å². The Labute approximate surface area is 81.9 Å². The molecule has 3 heteroatoms. The van der Waals surface area contributed by atoms with E-state index in [9.17, 15) is 4.39 Å². The molecule has 0 saturated carbocycles. The zero-order valence-corrected chi connectivity index (χ0v) is 7.89. The smallest absolute Gasteiger partial charge is 0.140 e. The topological polar surface area (TPSA) is 12.0 Å². The molecule has 1 saturated heterocycles. The first-order chi connectivity index (χ1) is 6.27. The van der Waals surface area contributed by atoms with Gasteiger partial charge in [-0.25, -0.2) is 4.39 Å². The van der Waals surface area contributed by atoms with E-state index in [1.54, 1.807) is 24.3 Å². The number of halogens is 2. The Bertz CT molecular complexity index is 281. The second kappa shape index (κ2) is 3.64. The zero-order valence-electron chi connectivity index (χ0n) is 7.13. The number of hydrogen-bond acceptors (Lipinski definition) is 1. The third-order valence-corrected chi connectivity index (χ3v) is 2.66. The van der Waals surface area contributed by atoms with Gasteiger partial charge < -0.3 is 5.32 Å². The molecular formula is C10H11ClFN. The van der Waals surface area contributed by atoms with Crippen molar-refractivity contribution in [3.05, 3.63) is 34.9 Å². The molecule has 1 nitrogen and oxygen atoms in total. The van der Waals surface area contributed by atoms with Crippen LogP contribution >= 0.6 is 11.6 Å². The van der Waals surface area contributed by atoms with Crippen LogP contribution < -0.4 is 5.32 Å². The van der Waals surface area contributed by atoms with Crippen LogP contribution in [0.5, 0.6) is 0 Å². The maximum absolute atomic E-state index is 13.6. The lowest BCUT2D eigenvalue weighted by Gasteiger charge is -2.30. The fourth-order valence-corrected chi connectivity index (χ4v) is 1.57. The molecule has 0 spiro atoms. The molecule has 0 aliphatic carbocycles. The summed E-state index contributed by atoms with van der Waals surface area (Å²) >= 11 is 5.71. The van der Waals surface area contributed by atoms with E-state index in [0.717, 1.165) is 13.0 Å². The number of rotatable bonds is 2. The minimum absolute atomic E-state index is 0.00109. The number of alkyl halides is 1. The van der Waals surface area contributed by atoms with Gasteiger partial charge in [-0.2, -0.15) is 0 Å². The molecule has 1 aliphatic rings. The van der Waals surface area contributed by atoms with E-state index in [1.165, 1.54) is 0 Å². The molecule has 0 aromatic heterocycles. The molecule has 2 atom stereocenters. The fraction of sp³-hybridized carbons (Fsp3) is 0.400. The number of nitrogens with one attached hydrogen (secondary N) is 1. The average Bonchev–Trinajstić information content (AvgIpc) is 2.02. The maximum atomic E-state index is 13.6. The quantitative estimate of drug-likeness (QED) is 0.773. The molecule has 1 heterocycles. The maximum Gasteiger partial charge on any atom is 0.140 e. The first kappa shape index (κ1) is 8.97. The highest BCUT2D eigenvalue weighted by Crippen LogP contribution is 2.27. The van der Waals surface area contributed by atoms with E-state index in [-0.39, 0.29) is 6.04 Å². The Morgan fingerprint density at radius 1 is 1.38 bits per heavy atom. The highest BCUT2D eigenvalue weighted by molar-refractivity contribution is 6.30. The minimum atomic E-state index is -0.897. The third kappa shape index (κ3) is 1.84. The first-order valence-corrected chi connectivity index (χ1v) is 4.78. The lowest BCUT2D eigenvalue weighted by molar-refractivity contribution is 0.194. The van der Waals surface area contributed by atoms with Gasteiger partial charge in [-0.05, 0) is 30.7 Å². The zero-order chi connectivity index (χ0) is 9.26. The van der Waals surface area contributed by atoms with Crippen molar-refractivity contribution >= 4 is 11.6 Å². The summed E-state index contributed by atoms with van der Waals surface area (Å²) in [5, 5.41) is 3.70. The summed E-state index contributed by atoms with van der Waals surface area (Å²) in [5.41, 5.74) is 0.710. The third-order valence-electron chi connectivity index (χ3n) is 2.40. The summed E-state index contributed by atoms with van der Waals surface area (Å²) in [6, 6.07) is 6.94. The van der Waals surface area contributed by atoms with Crippen LogP contribution in [0, 0.1) is 0 Å². The molecule has 1 aromatic rings. The lowest BCUT2D eigenvalue weighted by atomic mass is 9.96. The molecule has 13 heavy (non-hydrogen) atoms. The largest absolute Gasteiger partial charge is 0.311 e. The highest BCUT2D eigenvalue weighted by Gasteiger charge is 2.27. The molecule has 70 valence electrons. The van der Waals surface area contributed by atoms with Gasteiger partial charge in [0.2, 0.25) is 0 Å². The van der Waals surface area contributed by atoms with E-state index in [4.69, 9.17) is 11.6 Å². The van der Waals surface area contributed by atoms with Gasteiger partial charge in [0.1, 0.15) is 6.17 Å². The van der Waals surface area contributed by atoms with E-state index in [2.05, 4.69) is 5.32 Å². The number of hydrogen-bond donors (Lipinski definition) is 1. The summed E-state index contributed by atoms with van der Waals surface area (Å²) in [5.74, 6) is 0. The molecule has 1 aromatic carbocycles. The van der Waals surface area contributed by atoms with Gasteiger partial charge in [-0.1, -0.05) is 23.7 Å². The van der Waals surface area contributed by atoms with Gasteiger partial charge in [0, 0.05) is 11.1 Å². The first-order valence-electron chi connectivity index (χ1n) is 4.40. The van der Waals surface area contributed by atoms with Gasteiger partial charge in [0.25, 0.3) is 0 Å². The van der Waals surface area contributed by atoms with Crippen molar-refractivity contribution < 1.29 is 4.39 Å². The van der Waals surface area contributed by atoms with Crippen molar-refractivity contribution in [3.8, 4) is 0 Å². The van der Waals surface area contributed by atoms with Crippen LogP contribution in [-0.2, 0) is 0 Å². The van der Waals surface area contributed by atoms with Crippen LogP contribution in [0.2, 0.25) is 5.02 Å². The normalized spacial score (nSPS) is 23.7. The second-order valence-electron chi connectivity index (χ2n) is 3.30. The summed E-state index contributed by atoms with van der Waals surface area (Å²) in [6.07, 6.45) is 0.0232. The van der Waals surface area contributed by atoms with Crippen molar-refractivity contribution in [1.29, 1.82) is 0 Å². The van der Waals surface area contributed by atoms with Gasteiger partial charge >= 0.3 is 0 Å². The summed E-state index contributed by atoms with van der Waals surface area (Å²) in [6.45, 7) is 0.929. The predicted octanol–water partition coefficient (Wildman–Crippen LogP) is 2.71. The molecule has 2 rings (SSSR count). The van der Waals surface area contributed by atoms with Crippen molar-refractivity contribution in [3.63, 3.8) is 0 Å². The second-order valence-corrected chi connectivity index (χ2v) is 3.74. The molecule has 2 unspecified atom stereocenters. The van der Waals surface area contributed by atoms with Crippen LogP contribution in [0.15, 0.2) is 24.3 Å². The predicted molar refractivity (Wildman–Crippen MR) is 51.7 cm³/mol. The Morgan fingerprint density at radius 2 is 2.00 bits per heavy atom. The van der Waals surface area contributed by atoms with E-state index in [1.807, 2.05) is 0 Å². The highest BCUT2D eigenvalue weighted by atomic mass is 35.5. The van der Waals surface area contributed by atoms with E-state index >= 15 is 0 Å². The molecule has 1 fully saturated rings. The Morgan fingerprint density at radius 3 is 2.46 bits per heavy atom. The van der Waals surface area contributed by atoms with Gasteiger partial charge in [-0.15, -0.1) is 0 Å². The summed E-state index contributed by atoms with van der Waals surface area (Å²) < 4.78 is 13.6. The molecule has 1 N–H and O–H groups in total. The molecule has 0 radical (unpaired) electrons. The Kier molecular flexibility index (Phi) is 2.51. The Hall–Kier alpha value is -0.600. The van der Waals surface area contributed by atoms with Crippen molar-refractivity contribution in [2.45, 2.75) is 18.6 Å². The molecule has 1 aliphatic heterocycles. The van der Waals surface area contributed by atoms with Crippen LogP contribution in [0.1, 0.15) is 18.2 Å². The lowest BCUT2D eigenvalue weighted by Crippen LogP contribution is -2.45. The van der Waals surface area contributed by atoms with Gasteiger partial charge in [0.05, 0.1) is 0 Å². The summed E-state index contributed by atoms with van der Waals surface area (Å²) in [7, 11) is 0. The van der Waals surface area contributed by atoms with Crippen LogP contribution in [0.25, 0.3) is 0 Å². The fourth-order valence-electron chi connectivity index (χ4n) is 1.44. The SMILES string of the molecule is FC(c1ccc(Cl)cc1)C1CCN1. The molecule has 0 bridgehead atoms. The monoisotopic (exact) mass is 199 g/mol. The van der Waals surface area contributed by atoms with Crippen LogP contribution in [0.4, 0.5) is 4.39 Å². The summed E-state index contributed by atoms with van der Waals surface area (Å²) in [4.78, 5) is 0. The van der Waals surface area contributed by atoms with Crippen molar-refractivity contribution in [2.24, 2.45) is 0 Å². The molecule has 0 amide bonds. The van der Waals surface area contributed by atoms with E-state index in [0.29, 0.717) is 10.6 Å². The van der Waals surface area contributed by atoms with Gasteiger partial charge in [0.15, 0.2) is 0 Å². The van der Waals surface area contributed by atoms with Crippen LogP contribution in [0.3, 0.4) is 0 Å². The molecular weight excluding hydrogens is 189 g/mol. The standard InChI is InChI=1S/C10H11ClFN/c11-8-3-1-7(2-4-8)10(12)9-5-6-13-9/h1-4,9-10,13H,5-6H2. The minimum Gasteiger partial charge on any atom is -0.311 e. The van der Waals surface area contributed by atoms with Crippen molar-refractivity contribution in [2.75, 3.05) is 6.54 Å².